The van der Waals surface area contributed by atoms with Gasteiger partial charge in [-0.3, -0.25) is 0 Å². The number of thioether (sulfide) groups is 1. The Balaban J connectivity index is 2.20. The quantitative estimate of drug-likeness (QED) is 0.818. The molecule has 2 N–H and O–H groups in total. The predicted molar refractivity (Wildman–Crippen MR) is 87.5 cm³/mol. The van der Waals surface area contributed by atoms with Gasteiger partial charge in [-0.2, -0.15) is 0 Å². The van der Waals surface area contributed by atoms with E-state index in [9.17, 15) is 0 Å². The van der Waals surface area contributed by atoms with Crippen molar-refractivity contribution in [3.63, 3.8) is 0 Å². The summed E-state index contributed by atoms with van der Waals surface area (Å²) in [5.41, 5.74) is 8.65. The first kappa shape index (κ1) is 15.7. The second kappa shape index (κ2) is 7.91. The van der Waals surface area contributed by atoms with Gasteiger partial charge in [0, 0.05) is 42.9 Å². The Hall–Kier alpha value is -0.710. The molecule has 1 saturated heterocycles. The molecule has 1 unspecified atom stereocenters. The molecule has 1 aromatic carbocycles. The van der Waals surface area contributed by atoms with Crippen LogP contribution >= 0.6 is 11.8 Å². The number of methoxy groups -OCH3 is 1. The Bertz CT molecular complexity index is 423. The van der Waals surface area contributed by atoms with Gasteiger partial charge >= 0.3 is 0 Å². The molecule has 1 aliphatic rings. The number of rotatable bonds is 6. The van der Waals surface area contributed by atoms with Crippen LogP contribution in [0.1, 0.15) is 25.3 Å². The maximum atomic E-state index is 6.02. The molecule has 0 amide bonds. The molecule has 0 radical (unpaired) electrons. The third kappa shape index (κ3) is 3.68. The van der Waals surface area contributed by atoms with Crippen molar-refractivity contribution in [2.24, 2.45) is 11.7 Å². The molecule has 1 aliphatic heterocycles. The molecule has 2 rings (SSSR count). The molecule has 0 aliphatic carbocycles. The number of hydrogen-bond acceptors (Lipinski definition) is 4. The second-order valence-corrected chi connectivity index (χ2v) is 6.61. The van der Waals surface area contributed by atoms with E-state index in [1.165, 1.54) is 29.0 Å². The standard InChI is InChI=1S/C16H26N2OS/c1-3-20-16-8-4-7-15(14(16)10-17)18-9-5-6-13(11-18)12-19-2/h4,7-8,13H,3,5-6,9-12,17H2,1-2H3. The lowest BCUT2D eigenvalue weighted by molar-refractivity contribution is 0.143. The summed E-state index contributed by atoms with van der Waals surface area (Å²) in [7, 11) is 1.79. The zero-order valence-electron chi connectivity index (χ0n) is 12.6. The Morgan fingerprint density at radius 2 is 2.30 bits per heavy atom. The highest BCUT2D eigenvalue weighted by atomic mass is 32.2. The maximum Gasteiger partial charge on any atom is 0.0507 e. The average Bonchev–Trinajstić information content (AvgIpc) is 2.48. The number of hydrogen-bond donors (Lipinski definition) is 1. The summed E-state index contributed by atoms with van der Waals surface area (Å²) in [6, 6.07) is 6.57. The normalized spacial score (nSPS) is 19.4. The van der Waals surface area contributed by atoms with E-state index in [2.05, 4.69) is 30.0 Å². The Kier molecular flexibility index (Phi) is 6.20. The summed E-state index contributed by atoms with van der Waals surface area (Å²) in [5.74, 6) is 1.73. The van der Waals surface area contributed by atoms with Crippen molar-refractivity contribution in [1.29, 1.82) is 0 Å². The van der Waals surface area contributed by atoms with Gasteiger partial charge in [-0.25, -0.2) is 0 Å². The van der Waals surface area contributed by atoms with Crippen LogP contribution in [0.4, 0.5) is 5.69 Å². The summed E-state index contributed by atoms with van der Waals surface area (Å²) in [4.78, 5) is 3.83. The molecular weight excluding hydrogens is 268 g/mol. The zero-order valence-corrected chi connectivity index (χ0v) is 13.4. The molecule has 1 atom stereocenters. The lowest BCUT2D eigenvalue weighted by atomic mass is 9.97. The fourth-order valence-electron chi connectivity index (χ4n) is 3.00. The van der Waals surface area contributed by atoms with Gasteiger partial charge in [-0.05, 0) is 36.6 Å². The molecule has 112 valence electrons. The summed E-state index contributed by atoms with van der Waals surface area (Å²) < 4.78 is 5.33. The molecule has 1 aromatic rings. The monoisotopic (exact) mass is 294 g/mol. The van der Waals surface area contributed by atoms with Crippen LogP contribution in [0.5, 0.6) is 0 Å². The van der Waals surface area contributed by atoms with Gasteiger partial charge in [-0.1, -0.05) is 13.0 Å². The molecule has 0 aromatic heterocycles. The largest absolute Gasteiger partial charge is 0.384 e. The smallest absolute Gasteiger partial charge is 0.0507 e. The molecule has 0 spiro atoms. The topological polar surface area (TPSA) is 38.5 Å². The van der Waals surface area contributed by atoms with E-state index in [1.54, 1.807) is 7.11 Å². The Morgan fingerprint density at radius 3 is 3.00 bits per heavy atom. The molecule has 4 heteroatoms. The molecule has 1 fully saturated rings. The number of nitrogens with zero attached hydrogens (tertiary/aromatic N) is 1. The van der Waals surface area contributed by atoms with Gasteiger partial charge in [0.2, 0.25) is 0 Å². The average molecular weight is 294 g/mol. The fourth-order valence-corrected chi connectivity index (χ4v) is 3.85. The summed E-state index contributed by atoms with van der Waals surface area (Å²) in [5, 5.41) is 0. The van der Waals surface area contributed by atoms with Crippen LogP contribution in [0, 0.1) is 5.92 Å². The van der Waals surface area contributed by atoms with Gasteiger partial charge in [0.1, 0.15) is 0 Å². The van der Waals surface area contributed by atoms with E-state index >= 15 is 0 Å². The van der Waals surface area contributed by atoms with Crippen molar-refractivity contribution in [3.8, 4) is 0 Å². The van der Waals surface area contributed by atoms with E-state index in [1.807, 2.05) is 11.8 Å². The third-order valence-corrected chi connectivity index (χ3v) is 4.86. The molecular formula is C16H26N2OS. The number of anilines is 1. The van der Waals surface area contributed by atoms with Crippen molar-refractivity contribution in [3.05, 3.63) is 23.8 Å². The van der Waals surface area contributed by atoms with Gasteiger partial charge in [0.05, 0.1) is 6.61 Å². The van der Waals surface area contributed by atoms with E-state index in [0.717, 1.165) is 25.4 Å². The number of nitrogens with two attached hydrogens (primary N) is 1. The highest BCUT2D eigenvalue weighted by molar-refractivity contribution is 7.99. The first-order chi connectivity index (χ1) is 9.80. The van der Waals surface area contributed by atoms with Crippen molar-refractivity contribution in [2.75, 3.05) is 37.5 Å². The highest BCUT2D eigenvalue weighted by Gasteiger charge is 2.22. The van der Waals surface area contributed by atoms with Crippen molar-refractivity contribution in [2.45, 2.75) is 31.2 Å². The summed E-state index contributed by atoms with van der Waals surface area (Å²) >= 11 is 1.88. The lowest BCUT2D eigenvalue weighted by Gasteiger charge is -2.35. The van der Waals surface area contributed by atoms with Gasteiger partial charge in [-0.15, -0.1) is 11.8 Å². The van der Waals surface area contributed by atoms with Crippen LogP contribution in [0.2, 0.25) is 0 Å². The Morgan fingerprint density at radius 1 is 1.45 bits per heavy atom. The molecule has 0 bridgehead atoms. The number of piperidine rings is 1. The summed E-state index contributed by atoms with van der Waals surface area (Å²) in [6.07, 6.45) is 2.51. The molecule has 20 heavy (non-hydrogen) atoms. The van der Waals surface area contributed by atoms with E-state index in [0.29, 0.717) is 12.5 Å². The van der Waals surface area contributed by atoms with E-state index in [-0.39, 0.29) is 0 Å². The van der Waals surface area contributed by atoms with E-state index in [4.69, 9.17) is 10.5 Å². The van der Waals surface area contributed by atoms with E-state index < -0.39 is 0 Å². The van der Waals surface area contributed by atoms with Gasteiger partial charge in [0.15, 0.2) is 0 Å². The lowest BCUT2D eigenvalue weighted by Crippen LogP contribution is -2.37. The first-order valence-corrected chi connectivity index (χ1v) is 8.47. The summed E-state index contributed by atoms with van der Waals surface area (Å²) in [6.45, 7) is 5.88. The van der Waals surface area contributed by atoms with Crippen LogP contribution in [-0.2, 0) is 11.3 Å². The van der Waals surface area contributed by atoms with Gasteiger partial charge in [0.25, 0.3) is 0 Å². The van der Waals surface area contributed by atoms with Crippen molar-refractivity contribution < 1.29 is 4.74 Å². The zero-order chi connectivity index (χ0) is 14.4. The first-order valence-electron chi connectivity index (χ1n) is 7.48. The fraction of sp³-hybridized carbons (Fsp3) is 0.625. The van der Waals surface area contributed by atoms with Gasteiger partial charge < -0.3 is 15.4 Å². The predicted octanol–water partition coefficient (Wildman–Crippen LogP) is 3.12. The molecule has 3 nitrogen and oxygen atoms in total. The molecule has 0 saturated carbocycles. The third-order valence-electron chi connectivity index (χ3n) is 3.87. The van der Waals surface area contributed by atoms with Crippen LogP contribution in [0.15, 0.2) is 23.1 Å². The van der Waals surface area contributed by atoms with Crippen molar-refractivity contribution >= 4 is 17.4 Å². The molecule has 1 heterocycles. The number of ether oxygens (including phenoxy) is 1. The van der Waals surface area contributed by atoms with Crippen molar-refractivity contribution in [1.82, 2.24) is 0 Å². The SMILES string of the molecule is CCSc1cccc(N2CCCC(COC)C2)c1CN. The minimum absolute atomic E-state index is 0.615. The van der Waals surface area contributed by atoms with Crippen LogP contribution in [0.25, 0.3) is 0 Å². The maximum absolute atomic E-state index is 6.02. The van der Waals surface area contributed by atoms with Crippen LogP contribution in [0.3, 0.4) is 0 Å². The van der Waals surface area contributed by atoms with Crippen LogP contribution < -0.4 is 10.6 Å². The number of benzene rings is 1. The minimum atomic E-state index is 0.615. The van der Waals surface area contributed by atoms with Crippen LogP contribution in [-0.4, -0.2) is 32.6 Å². The Labute approximate surface area is 126 Å². The minimum Gasteiger partial charge on any atom is -0.384 e. The second-order valence-electron chi connectivity index (χ2n) is 5.30. The highest BCUT2D eigenvalue weighted by Crippen LogP contribution is 2.32.